The Bertz CT molecular complexity index is 867. The number of halogens is 2. The molecule has 2 fully saturated rings. The van der Waals surface area contributed by atoms with Crippen molar-refractivity contribution in [1.29, 1.82) is 0 Å². The number of pyridine rings is 1. The van der Waals surface area contributed by atoms with Gasteiger partial charge in [-0.1, -0.05) is 12.1 Å². The summed E-state index contributed by atoms with van der Waals surface area (Å²) in [5.74, 6) is -0.548. The number of amides is 1. The highest BCUT2D eigenvalue weighted by Gasteiger charge is 2.34. The highest BCUT2D eigenvalue weighted by Crippen LogP contribution is 2.33. The molecule has 0 bridgehead atoms. The third-order valence-corrected chi connectivity index (χ3v) is 6.29. The molecule has 5 nitrogen and oxygen atoms in total. The summed E-state index contributed by atoms with van der Waals surface area (Å²) in [6.07, 6.45) is 5.69. The van der Waals surface area contributed by atoms with Crippen LogP contribution >= 0.6 is 0 Å². The molecule has 29 heavy (non-hydrogen) atoms. The Kier molecular flexibility index (Phi) is 5.76. The number of likely N-dealkylation sites (tertiary alicyclic amines) is 2. The molecule has 1 aromatic heterocycles. The maximum atomic E-state index is 13.9. The molecule has 0 spiro atoms. The predicted molar refractivity (Wildman–Crippen MR) is 104 cm³/mol. The van der Waals surface area contributed by atoms with Crippen LogP contribution in [0.25, 0.3) is 0 Å². The molecule has 2 aliphatic rings. The van der Waals surface area contributed by atoms with Gasteiger partial charge in [0, 0.05) is 37.3 Å². The summed E-state index contributed by atoms with van der Waals surface area (Å²) < 4.78 is 28.0. The van der Waals surface area contributed by atoms with E-state index in [-0.39, 0.29) is 5.91 Å². The van der Waals surface area contributed by atoms with Gasteiger partial charge in [-0.15, -0.1) is 0 Å². The first-order valence-electron chi connectivity index (χ1n) is 10.1. The van der Waals surface area contributed by atoms with Crippen molar-refractivity contribution in [1.82, 2.24) is 9.80 Å². The summed E-state index contributed by atoms with van der Waals surface area (Å²) in [5, 5.41) is 11.1. The molecule has 2 aliphatic heterocycles. The minimum Gasteiger partial charge on any atom is -0.619 e. The van der Waals surface area contributed by atoms with Crippen molar-refractivity contribution in [2.45, 2.75) is 25.8 Å². The molecule has 0 N–H and O–H groups in total. The van der Waals surface area contributed by atoms with Crippen LogP contribution in [0.4, 0.5) is 8.78 Å². The van der Waals surface area contributed by atoms with Crippen LogP contribution in [0.1, 0.15) is 35.2 Å². The second kappa shape index (κ2) is 8.45. The number of carbonyl (C=O) groups excluding carboxylic acids is 1. The average molecular weight is 401 g/mol. The van der Waals surface area contributed by atoms with Gasteiger partial charge < -0.3 is 10.1 Å². The molecule has 0 aliphatic carbocycles. The van der Waals surface area contributed by atoms with Crippen molar-refractivity contribution < 1.29 is 18.3 Å². The molecule has 2 aromatic rings. The molecule has 154 valence electrons. The van der Waals surface area contributed by atoms with Crippen molar-refractivity contribution in [3.05, 3.63) is 70.7 Å². The van der Waals surface area contributed by atoms with E-state index in [0.717, 1.165) is 51.5 Å². The Morgan fingerprint density at radius 2 is 1.72 bits per heavy atom. The van der Waals surface area contributed by atoms with E-state index >= 15 is 0 Å². The van der Waals surface area contributed by atoms with E-state index in [4.69, 9.17) is 0 Å². The Morgan fingerprint density at radius 3 is 2.45 bits per heavy atom. The lowest BCUT2D eigenvalue weighted by atomic mass is 9.83. The smallest absolute Gasteiger partial charge is 0.254 e. The van der Waals surface area contributed by atoms with Gasteiger partial charge in [0.15, 0.2) is 24.0 Å². The van der Waals surface area contributed by atoms with Gasteiger partial charge in [0.25, 0.3) is 5.91 Å². The highest BCUT2D eigenvalue weighted by molar-refractivity contribution is 5.94. The lowest BCUT2D eigenvalue weighted by Gasteiger charge is -2.35. The minimum absolute atomic E-state index is 0.0212. The Labute approximate surface area is 169 Å². The molecule has 1 atom stereocenters. The molecule has 1 amide bonds. The first kappa shape index (κ1) is 19.8. The summed E-state index contributed by atoms with van der Waals surface area (Å²) in [6.45, 7) is 3.62. The number of benzene rings is 1. The maximum absolute atomic E-state index is 13.9. The first-order chi connectivity index (χ1) is 14.0. The molecule has 0 radical (unpaired) electrons. The van der Waals surface area contributed by atoms with Crippen LogP contribution in [0.2, 0.25) is 0 Å². The fourth-order valence-corrected chi connectivity index (χ4v) is 4.59. The molecule has 1 aromatic carbocycles. The standard InChI is InChI=1S/C22H25F2N3O2/c23-20-3-1-2-19(21(20)24)14-25-9-4-16(5-10-25)18-6-11-26(15-18)22(28)17-7-12-27(29)13-8-17/h1-3,7-8,12-13,16,18H,4-6,9-11,14-15H2. The molecular weight excluding hydrogens is 376 g/mol. The molecule has 1 unspecified atom stereocenters. The van der Waals surface area contributed by atoms with E-state index in [1.54, 1.807) is 24.3 Å². The maximum Gasteiger partial charge on any atom is 0.254 e. The molecule has 3 heterocycles. The topological polar surface area (TPSA) is 50.5 Å². The van der Waals surface area contributed by atoms with Gasteiger partial charge in [-0.05, 0) is 50.3 Å². The number of nitrogens with zero attached hydrogens (tertiary/aromatic N) is 3. The van der Waals surface area contributed by atoms with Crippen molar-refractivity contribution in [3.63, 3.8) is 0 Å². The number of hydrogen-bond donors (Lipinski definition) is 0. The molecular formula is C22H25F2N3O2. The van der Waals surface area contributed by atoms with Crippen molar-refractivity contribution in [2.75, 3.05) is 26.2 Å². The Hall–Kier alpha value is -2.54. The van der Waals surface area contributed by atoms with E-state index in [2.05, 4.69) is 4.90 Å². The van der Waals surface area contributed by atoms with E-state index in [9.17, 15) is 18.8 Å². The summed E-state index contributed by atoms with van der Waals surface area (Å²) >= 11 is 0. The van der Waals surface area contributed by atoms with Gasteiger partial charge >= 0.3 is 0 Å². The van der Waals surface area contributed by atoms with Gasteiger partial charge in [-0.3, -0.25) is 9.69 Å². The van der Waals surface area contributed by atoms with Gasteiger partial charge in [0.05, 0.1) is 5.56 Å². The zero-order valence-corrected chi connectivity index (χ0v) is 16.3. The lowest BCUT2D eigenvalue weighted by Crippen LogP contribution is -2.37. The van der Waals surface area contributed by atoms with E-state index in [1.807, 2.05) is 4.90 Å². The second-order valence-electron chi connectivity index (χ2n) is 8.07. The highest BCUT2D eigenvalue weighted by atomic mass is 19.2. The quantitative estimate of drug-likeness (QED) is 0.585. The summed E-state index contributed by atoms with van der Waals surface area (Å²) in [7, 11) is 0. The van der Waals surface area contributed by atoms with Crippen LogP contribution in [0.5, 0.6) is 0 Å². The van der Waals surface area contributed by atoms with Crippen LogP contribution in [0.3, 0.4) is 0 Å². The van der Waals surface area contributed by atoms with Crippen LogP contribution in [-0.4, -0.2) is 41.9 Å². The van der Waals surface area contributed by atoms with E-state index in [0.29, 0.717) is 34.2 Å². The number of hydrogen-bond acceptors (Lipinski definition) is 3. The van der Waals surface area contributed by atoms with Crippen molar-refractivity contribution >= 4 is 5.91 Å². The van der Waals surface area contributed by atoms with Gasteiger partial charge in [-0.2, -0.15) is 4.73 Å². The number of carbonyl (C=O) groups is 1. The Balaban J connectivity index is 1.29. The normalized spacial score (nSPS) is 20.9. The monoisotopic (exact) mass is 401 g/mol. The van der Waals surface area contributed by atoms with Gasteiger partial charge in [0.1, 0.15) is 0 Å². The average Bonchev–Trinajstić information content (AvgIpc) is 3.22. The largest absolute Gasteiger partial charge is 0.619 e. The van der Waals surface area contributed by atoms with Crippen molar-refractivity contribution in [2.24, 2.45) is 11.8 Å². The van der Waals surface area contributed by atoms with Crippen molar-refractivity contribution in [3.8, 4) is 0 Å². The van der Waals surface area contributed by atoms with E-state index < -0.39 is 11.6 Å². The molecule has 7 heteroatoms. The third kappa shape index (κ3) is 4.40. The van der Waals surface area contributed by atoms with E-state index in [1.165, 1.54) is 12.4 Å². The second-order valence-corrected chi connectivity index (χ2v) is 8.07. The third-order valence-electron chi connectivity index (χ3n) is 6.29. The molecule has 4 rings (SSSR count). The zero-order chi connectivity index (χ0) is 20.4. The summed E-state index contributed by atoms with van der Waals surface area (Å²) in [5.41, 5.74) is 0.952. The van der Waals surface area contributed by atoms with Gasteiger partial charge in [-0.25, -0.2) is 8.78 Å². The molecule has 2 saturated heterocycles. The lowest BCUT2D eigenvalue weighted by molar-refractivity contribution is -0.605. The fraction of sp³-hybridized carbons (Fsp3) is 0.455. The summed E-state index contributed by atoms with van der Waals surface area (Å²) in [6, 6.07) is 7.46. The van der Waals surface area contributed by atoms with Crippen LogP contribution in [0.15, 0.2) is 42.7 Å². The number of rotatable bonds is 4. The number of aromatic nitrogens is 1. The number of piperidine rings is 1. The predicted octanol–water partition coefficient (Wildman–Crippen LogP) is 2.97. The van der Waals surface area contributed by atoms with Gasteiger partial charge in [0.2, 0.25) is 0 Å². The summed E-state index contributed by atoms with van der Waals surface area (Å²) in [4.78, 5) is 16.7. The zero-order valence-electron chi connectivity index (χ0n) is 16.3. The van der Waals surface area contributed by atoms with Crippen LogP contribution < -0.4 is 4.73 Å². The SMILES string of the molecule is O=C(c1cc[n+]([O-])cc1)N1CCC(C2CCN(Cc3cccc(F)c3F)CC2)C1. The van der Waals surface area contributed by atoms with Crippen LogP contribution in [-0.2, 0) is 6.54 Å². The van der Waals surface area contributed by atoms with Crippen LogP contribution in [0, 0.1) is 28.7 Å². The minimum atomic E-state index is -0.795. The molecule has 0 saturated carbocycles. The fourth-order valence-electron chi connectivity index (χ4n) is 4.59. The first-order valence-corrected chi connectivity index (χ1v) is 10.1. The Morgan fingerprint density at radius 1 is 1.03 bits per heavy atom.